The van der Waals surface area contributed by atoms with Gasteiger partial charge in [-0.1, -0.05) is 45.0 Å². The highest BCUT2D eigenvalue weighted by atomic mass is 16.5. The molecule has 30 heavy (non-hydrogen) atoms. The molecule has 2 aromatic rings. The first-order valence-corrected chi connectivity index (χ1v) is 10.5. The Kier molecular flexibility index (Phi) is 6.49. The Morgan fingerprint density at radius 2 is 1.70 bits per heavy atom. The molecule has 1 heterocycles. The van der Waals surface area contributed by atoms with Gasteiger partial charge in [0.15, 0.2) is 0 Å². The normalized spacial score (nSPS) is 17.5. The van der Waals surface area contributed by atoms with Crippen molar-refractivity contribution in [3.63, 3.8) is 0 Å². The van der Waals surface area contributed by atoms with Crippen LogP contribution in [0.15, 0.2) is 48.5 Å². The minimum atomic E-state index is -0.561. The van der Waals surface area contributed by atoms with Crippen LogP contribution in [0.1, 0.15) is 61.5 Å². The maximum Gasteiger partial charge on any atom is 0.251 e. The lowest BCUT2D eigenvalue weighted by atomic mass is 9.86. The van der Waals surface area contributed by atoms with Crippen LogP contribution in [0.3, 0.4) is 0 Å². The van der Waals surface area contributed by atoms with Gasteiger partial charge in [-0.2, -0.15) is 0 Å². The molecule has 0 saturated carbocycles. The van der Waals surface area contributed by atoms with Crippen molar-refractivity contribution in [1.82, 2.24) is 10.2 Å². The summed E-state index contributed by atoms with van der Waals surface area (Å²) in [7, 11) is 1.65. The molecule has 1 aliphatic heterocycles. The molecule has 0 aromatic heterocycles. The first-order chi connectivity index (χ1) is 14.2. The molecule has 5 nitrogen and oxygen atoms in total. The third-order valence-corrected chi connectivity index (χ3v) is 5.82. The second-order valence-electron chi connectivity index (χ2n) is 9.07. The number of carbonyl (C=O) groups excluding carboxylic acids is 2. The average Bonchev–Trinajstić information content (AvgIpc) is 3.22. The molecule has 1 N–H and O–H groups in total. The van der Waals surface area contributed by atoms with E-state index < -0.39 is 6.04 Å². The van der Waals surface area contributed by atoms with Gasteiger partial charge in [0.25, 0.3) is 5.91 Å². The molecule has 3 rings (SSSR count). The van der Waals surface area contributed by atoms with Crippen molar-refractivity contribution in [2.45, 2.75) is 51.5 Å². The zero-order chi connectivity index (χ0) is 21.9. The number of nitrogens with zero attached hydrogens (tertiary/aromatic N) is 1. The second kappa shape index (κ2) is 8.90. The second-order valence-corrected chi connectivity index (χ2v) is 9.07. The smallest absolute Gasteiger partial charge is 0.251 e. The van der Waals surface area contributed by atoms with E-state index in [1.165, 1.54) is 11.1 Å². The molecule has 0 radical (unpaired) electrons. The predicted molar refractivity (Wildman–Crippen MR) is 119 cm³/mol. The Morgan fingerprint density at radius 3 is 2.27 bits per heavy atom. The van der Waals surface area contributed by atoms with E-state index in [0.29, 0.717) is 24.6 Å². The van der Waals surface area contributed by atoms with Crippen LogP contribution in [0.4, 0.5) is 0 Å². The summed E-state index contributed by atoms with van der Waals surface area (Å²) in [4.78, 5) is 27.3. The van der Waals surface area contributed by atoms with Crippen molar-refractivity contribution < 1.29 is 14.3 Å². The van der Waals surface area contributed by atoms with Crippen LogP contribution < -0.4 is 10.1 Å². The summed E-state index contributed by atoms with van der Waals surface area (Å²) < 4.78 is 5.21. The van der Waals surface area contributed by atoms with Gasteiger partial charge in [0.05, 0.1) is 7.11 Å². The molecule has 2 aromatic carbocycles. The Hall–Kier alpha value is -2.82. The lowest BCUT2D eigenvalue weighted by molar-refractivity contribution is -0.131. The summed E-state index contributed by atoms with van der Waals surface area (Å²) in [6, 6.07) is 15.1. The Labute approximate surface area is 179 Å². The summed E-state index contributed by atoms with van der Waals surface area (Å²) in [5.41, 5.74) is 2.99. The molecular formula is C25H32N2O3. The SMILES string of the molecule is COc1ccc(C2CCN(C(=O)C(C)NC(=O)c3ccc(C(C)(C)C)cc3)C2)cc1. The first kappa shape index (κ1) is 21.9. The number of benzene rings is 2. The lowest BCUT2D eigenvalue weighted by Crippen LogP contribution is -2.46. The van der Waals surface area contributed by atoms with E-state index >= 15 is 0 Å². The average molecular weight is 409 g/mol. The van der Waals surface area contributed by atoms with Gasteiger partial charge in [0.1, 0.15) is 11.8 Å². The predicted octanol–water partition coefficient (Wildman–Crippen LogP) is 4.13. The van der Waals surface area contributed by atoms with E-state index in [1.54, 1.807) is 14.0 Å². The number of methoxy groups -OCH3 is 1. The van der Waals surface area contributed by atoms with Crippen molar-refractivity contribution in [2.75, 3.05) is 20.2 Å². The molecule has 2 atom stereocenters. The van der Waals surface area contributed by atoms with Gasteiger partial charge < -0.3 is 15.0 Å². The zero-order valence-electron chi connectivity index (χ0n) is 18.6. The molecule has 160 valence electrons. The van der Waals surface area contributed by atoms with Gasteiger partial charge in [-0.05, 0) is 54.2 Å². The topological polar surface area (TPSA) is 58.6 Å². The molecule has 0 aliphatic carbocycles. The molecule has 2 unspecified atom stereocenters. The highest BCUT2D eigenvalue weighted by Crippen LogP contribution is 2.29. The molecule has 1 fully saturated rings. The van der Waals surface area contributed by atoms with Gasteiger partial charge in [-0.25, -0.2) is 0 Å². The van der Waals surface area contributed by atoms with E-state index in [4.69, 9.17) is 4.74 Å². The minimum Gasteiger partial charge on any atom is -0.497 e. The summed E-state index contributed by atoms with van der Waals surface area (Å²) in [5, 5.41) is 2.85. The fraction of sp³-hybridized carbons (Fsp3) is 0.440. The Bertz CT molecular complexity index is 882. The number of carbonyl (C=O) groups is 2. The lowest BCUT2D eigenvalue weighted by Gasteiger charge is -2.22. The fourth-order valence-corrected chi connectivity index (χ4v) is 3.85. The maximum absolute atomic E-state index is 12.9. The standard InChI is InChI=1S/C25H32N2O3/c1-17(26-23(28)19-6-10-21(11-7-19)25(2,3)4)24(29)27-15-14-20(16-27)18-8-12-22(30-5)13-9-18/h6-13,17,20H,14-16H2,1-5H3,(H,26,28). The van der Waals surface area contributed by atoms with Crippen LogP contribution in [0, 0.1) is 0 Å². The molecule has 0 spiro atoms. The molecule has 5 heteroatoms. The van der Waals surface area contributed by atoms with Crippen LogP contribution in [-0.4, -0.2) is 43.0 Å². The summed E-state index contributed by atoms with van der Waals surface area (Å²) in [5.74, 6) is 0.886. The zero-order valence-corrected chi connectivity index (χ0v) is 18.6. The van der Waals surface area contributed by atoms with E-state index in [1.807, 2.05) is 41.3 Å². The van der Waals surface area contributed by atoms with Crippen LogP contribution in [0.25, 0.3) is 0 Å². The van der Waals surface area contributed by atoms with Crippen molar-refractivity contribution >= 4 is 11.8 Å². The number of rotatable bonds is 5. The molecular weight excluding hydrogens is 376 g/mol. The number of likely N-dealkylation sites (tertiary alicyclic amines) is 1. The monoisotopic (exact) mass is 408 g/mol. The van der Waals surface area contributed by atoms with Crippen molar-refractivity contribution in [1.29, 1.82) is 0 Å². The van der Waals surface area contributed by atoms with Gasteiger partial charge in [0, 0.05) is 24.6 Å². The molecule has 2 amide bonds. The van der Waals surface area contributed by atoms with E-state index in [-0.39, 0.29) is 17.2 Å². The van der Waals surface area contributed by atoms with Crippen LogP contribution >= 0.6 is 0 Å². The number of ether oxygens (including phenoxy) is 1. The van der Waals surface area contributed by atoms with Gasteiger partial charge in [-0.3, -0.25) is 9.59 Å². The quantitative estimate of drug-likeness (QED) is 0.809. The molecule has 1 saturated heterocycles. The van der Waals surface area contributed by atoms with Gasteiger partial charge in [-0.15, -0.1) is 0 Å². The largest absolute Gasteiger partial charge is 0.497 e. The Balaban J connectivity index is 1.57. The van der Waals surface area contributed by atoms with Crippen LogP contribution in [0.2, 0.25) is 0 Å². The Morgan fingerprint density at radius 1 is 1.07 bits per heavy atom. The van der Waals surface area contributed by atoms with E-state index in [0.717, 1.165) is 12.2 Å². The third kappa shape index (κ3) is 5.02. The van der Waals surface area contributed by atoms with E-state index in [2.05, 4.69) is 38.2 Å². The molecule has 1 aliphatic rings. The minimum absolute atomic E-state index is 0.0362. The first-order valence-electron chi connectivity index (χ1n) is 10.5. The van der Waals surface area contributed by atoms with E-state index in [9.17, 15) is 9.59 Å². The van der Waals surface area contributed by atoms with Crippen LogP contribution in [0.5, 0.6) is 5.75 Å². The van der Waals surface area contributed by atoms with Crippen LogP contribution in [-0.2, 0) is 10.2 Å². The van der Waals surface area contributed by atoms with Crippen molar-refractivity contribution in [3.8, 4) is 5.75 Å². The highest BCUT2D eigenvalue weighted by Gasteiger charge is 2.30. The van der Waals surface area contributed by atoms with Gasteiger partial charge in [0.2, 0.25) is 5.91 Å². The molecule has 0 bridgehead atoms. The maximum atomic E-state index is 12.9. The summed E-state index contributed by atoms with van der Waals surface area (Å²) >= 11 is 0. The highest BCUT2D eigenvalue weighted by molar-refractivity contribution is 5.97. The fourth-order valence-electron chi connectivity index (χ4n) is 3.85. The number of nitrogens with one attached hydrogen (secondary N) is 1. The third-order valence-electron chi connectivity index (χ3n) is 5.82. The summed E-state index contributed by atoms with van der Waals surface area (Å²) in [6.45, 7) is 9.54. The number of amides is 2. The van der Waals surface area contributed by atoms with Crippen molar-refractivity contribution in [3.05, 3.63) is 65.2 Å². The number of hydrogen-bond donors (Lipinski definition) is 1. The summed E-state index contributed by atoms with van der Waals surface area (Å²) in [6.07, 6.45) is 0.924. The number of hydrogen-bond acceptors (Lipinski definition) is 3. The van der Waals surface area contributed by atoms with Gasteiger partial charge >= 0.3 is 0 Å². The van der Waals surface area contributed by atoms with Crippen molar-refractivity contribution in [2.24, 2.45) is 0 Å².